The number of rotatable bonds is 8. The van der Waals surface area contributed by atoms with E-state index in [1.165, 1.54) is 0 Å². The Labute approximate surface area is 230 Å². The molecule has 1 heterocycles. The minimum Gasteiger partial charge on any atom is -0.333 e. The number of carbonyl (C=O) groups is 2. The standard InChI is InChI=1S/C32H28F3N3O2/c1-2-3-18-38(20-32(33,34)35)31(40)29-26-13-8-7-12-24(26)25-15-9-14-23(28(25)29)22-16-17-27(36-19-22)37-30(39)21-10-5-4-6-11-21/h4-17,19,29H,2-3,18,20H2,1H3,(H,36,37,39). The van der Waals surface area contributed by atoms with Crippen molar-refractivity contribution in [1.29, 1.82) is 0 Å². The zero-order chi connectivity index (χ0) is 28.3. The number of nitrogens with one attached hydrogen (secondary N) is 1. The first-order valence-electron chi connectivity index (χ1n) is 13.2. The van der Waals surface area contributed by atoms with Gasteiger partial charge in [-0.1, -0.05) is 74.0 Å². The smallest absolute Gasteiger partial charge is 0.333 e. The maximum absolute atomic E-state index is 13.9. The fourth-order valence-corrected chi connectivity index (χ4v) is 5.19. The van der Waals surface area contributed by atoms with Crippen molar-refractivity contribution in [2.24, 2.45) is 0 Å². The number of halogens is 3. The van der Waals surface area contributed by atoms with Gasteiger partial charge in [0.15, 0.2) is 0 Å². The molecule has 1 aliphatic carbocycles. The summed E-state index contributed by atoms with van der Waals surface area (Å²) >= 11 is 0. The lowest BCUT2D eigenvalue weighted by atomic mass is 9.89. The fraction of sp³-hybridized carbons (Fsp3) is 0.219. The Morgan fingerprint density at radius 3 is 2.27 bits per heavy atom. The number of hydrogen-bond donors (Lipinski definition) is 1. The largest absolute Gasteiger partial charge is 0.406 e. The van der Waals surface area contributed by atoms with Crippen LogP contribution >= 0.6 is 0 Å². The highest BCUT2D eigenvalue weighted by Gasteiger charge is 2.41. The van der Waals surface area contributed by atoms with E-state index in [1.807, 2.05) is 49.4 Å². The highest BCUT2D eigenvalue weighted by molar-refractivity contribution is 6.04. The molecular formula is C32H28F3N3O2. The van der Waals surface area contributed by atoms with Crippen molar-refractivity contribution >= 4 is 17.6 Å². The number of hydrogen-bond acceptors (Lipinski definition) is 3. The summed E-state index contributed by atoms with van der Waals surface area (Å²) in [6.07, 6.45) is -1.76. The van der Waals surface area contributed by atoms with Gasteiger partial charge in [0.1, 0.15) is 12.4 Å². The number of pyridine rings is 1. The van der Waals surface area contributed by atoms with Gasteiger partial charge in [0.25, 0.3) is 5.91 Å². The van der Waals surface area contributed by atoms with Crippen LogP contribution in [0.5, 0.6) is 0 Å². The number of benzene rings is 3. The molecule has 0 saturated heterocycles. The third-order valence-electron chi connectivity index (χ3n) is 7.02. The monoisotopic (exact) mass is 543 g/mol. The van der Waals surface area contributed by atoms with Crippen LogP contribution in [0.2, 0.25) is 0 Å². The van der Waals surface area contributed by atoms with Crippen molar-refractivity contribution < 1.29 is 22.8 Å². The second-order valence-electron chi connectivity index (χ2n) is 9.77. The van der Waals surface area contributed by atoms with Crippen molar-refractivity contribution in [2.45, 2.75) is 31.9 Å². The first-order valence-corrected chi connectivity index (χ1v) is 13.2. The molecular weight excluding hydrogens is 515 g/mol. The number of alkyl halides is 3. The van der Waals surface area contributed by atoms with Gasteiger partial charge in [-0.05, 0) is 58.5 Å². The molecule has 0 saturated carbocycles. The molecule has 0 aliphatic heterocycles. The average molecular weight is 544 g/mol. The summed E-state index contributed by atoms with van der Waals surface area (Å²) < 4.78 is 40.6. The molecule has 3 aromatic carbocycles. The Kier molecular flexibility index (Phi) is 7.69. The van der Waals surface area contributed by atoms with Crippen molar-refractivity contribution in [3.05, 3.63) is 108 Å². The average Bonchev–Trinajstić information content (AvgIpc) is 3.30. The molecule has 0 spiro atoms. The van der Waals surface area contributed by atoms with Gasteiger partial charge in [-0.2, -0.15) is 13.2 Å². The van der Waals surface area contributed by atoms with Gasteiger partial charge >= 0.3 is 6.18 Å². The topological polar surface area (TPSA) is 62.3 Å². The Morgan fingerprint density at radius 2 is 1.57 bits per heavy atom. The molecule has 1 aromatic heterocycles. The van der Waals surface area contributed by atoms with Crippen LogP contribution in [-0.4, -0.2) is 41.0 Å². The fourth-order valence-electron chi connectivity index (χ4n) is 5.19. The number of carbonyl (C=O) groups excluding carboxylic acids is 2. The van der Waals surface area contributed by atoms with E-state index in [0.29, 0.717) is 46.5 Å². The van der Waals surface area contributed by atoms with Crippen LogP contribution in [0.3, 0.4) is 0 Å². The van der Waals surface area contributed by atoms with Gasteiger partial charge in [-0.25, -0.2) is 4.98 Å². The molecule has 5 rings (SSSR count). The van der Waals surface area contributed by atoms with E-state index in [9.17, 15) is 22.8 Å². The Bertz CT molecular complexity index is 1520. The number of amides is 2. The van der Waals surface area contributed by atoms with Crippen LogP contribution < -0.4 is 5.32 Å². The molecule has 4 aromatic rings. The lowest BCUT2D eigenvalue weighted by Crippen LogP contribution is -2.42. The predicted octanol–water partition coefficient (Wildman–Crippen LogP) is 7.30. The molecule has 1 N–H and O–H groups in total. The molecule has 8 heteroatoms. The normalized spacial score (nSPS) is 13.8. The molecule has 2 amide bonds. The lowest BCUT2D eigenvalue weighted by Gasteiger charge is -2.28. The highest BCUT2D eigenvalue weighted by Crippen LogP contribution is 2.49. The summed E-state index contributed by atoms with van der Waals surface area (Å²) in [5, 5.41) is 2.77. The lowest BCUT2D eigenvalue weighted by molar-refractivity contribution is -0.161. The molecule has 5 nitrogen and oxygen atoms in total. The first-order chi connectivity index (χ1) is 19.3. The third-order valence-corrected chi connectivity index (χ3v) is 7.02. The van der Waals surface area contributed by atoms with Gasteiger partial charge < -0.3 is 10.2 Å². The van der Waals surface area contributed by atoms with Crippen LogP contribution in [0, 0.1) is 0 Å². The molecule has 1 unspecified atom stereocenters. The zero-order valence-corrected chi connectivity index (χ0v) is 21.9. The molecule has 0 radical (unpaired) electrons. The summed E-state index contributed by atoms with van der Waals surface area (Å²) in [7, 11) is 0. The Balaban J connectivity index is 1.51. The number of anilines is 1. The summed E-state index contributed by atoms with van der Waals surface area (Å²) in [6.45, 7) is 0.620. The Hall–Kier alpha value is -4.46. The maximum Gasteiger partial charge on any atom is 0.406 e. The van der Waals surface area contributed by atoms with E-state index in [0.717, 1.165) is 16.0 Å². The van der Waals surface area contributed by atoms with E-state index < -0.39 is 24.5 Å². The summed E-state index contributed by atoms with van der Waals surface area (Å²) in [6, 6.07) is 25.2. The number of nitrogens with zero attached hydrogens (tertiary/aromatic N) is 2. The minimum absolute atomic E-state index is 0.0301. The number of fused-ring (bicyclic) bond motifs is 3. The second-order valence-corrected chi connectivity index (χ2v) is 9.77. The van der Waals surface area contributed by atoms with Crippen LogP contribution in [-0.2, 0) is 4.79 Å². The van der Waals surface area contributed by atoms with E-state index in [-0.39, 0.29) is 12.5 Å². The van der Waals surface area contributed by atoms with Gasteiger partial charge in [0.2, 0.25) is 5.91 Å². The Morgan fingerprint density at radius 1 is 0.875 bits per heavy atom. The molecule has 0 bridgehead atoms. The van der Waals surface area contributed by atoms with Crippen molar-refractivity contribution in [3.8, 4) is 22.3 Å². The van der Waals surface area contributed by atoms with E-state index in [1.54, 1.807) is 48.7 Å². The van der Waals surface area contributed by atoms with Gasteiger partial charge in [-0.15, -0.1) is 0 Å². The van der Waals surface area contributed by atoms with E-state index in [2.05, 4.69) is 10.3 Å². The quantitative estimate of drug-likeness (QED) is 0.254. The molecule has 1 atom stereocenters. The minimum atomic E-state index is -4.51. The SMILES string of the molecule is CCCCN(CC(F)(F)F)C(=O)C1c2ccccc2-c2cccc(-c3ccc(NC(=O)c4ccccc4)nc3)c21. The van der Waals surface area contributed by atoms with Crippen molar-refractivity contribution in [3.63, 3.8) is 0 Å². The van der Waals surface area contributed by atoms with Crippen molar-refractivity contribution in [2.75, 3.05) is 18.4 Å². The van der Waals surface area contributed by atoms with Gasteiger partial charge in [-0.3, -0.25) is 9.59 Å². The molecule has 204 valence electrons. The molecule has 40 heavy (non-hydrogen) atoms. The van der Waals surface area contributed by atoms with Crippen LogP contribution in [0.25, 0.3) is 22.3 Å². The number of unbranched alkanes of at least 4 members (excludes halogenated alkanes) is 1. The van der Waals surface area contributed by atoms with E-state index >= 15 is 0 Å². The van der Waals surface area contributed by atoms with Crippen LogP contribution in [0.15, 0.2) is 91.1 Å². The number of aromatic nitrogens is 1. The molecule has 1 aliphatic rings. The van der Waals surface area contributed by atoms with Gasteiger partial charge in [0, 0.05) is 23.9 Å². The second kappa shape index (κ2) is 11.3. The predicted molar refractivity (Wildman–Crippen MR) is 149 cm³/mol. The van der Waals surface area contributed by atoms with Crippen LogP contribution in [0.4, 0.5) is 19.0 Å². The summed E-state index contributed by atoms with van der Waals surface area (Å²) in [4.78, 5) is 31.8. The summed E-state index contributed by atoms with van der Waals surface area (Å²) in [5.41, 5.74) is 4.91. The first kappa shape index (κ1) is 27.1. The third kappa shape index (κ3) is 5.61. The zero-order valence-electron chi connectivity index (χ0n) is 21.9. The maximum atomic E-state index is 13.9. The summed E-state index contributed by atoms with van der Waals surface area (Å²) in [5.74, 6) is -1.38. The van der Waals surface area contributed by atoms with Crippen molar-refractivity contribution in [1.82, 2.24) is 9.88 Å². The van der Waals surface area contributed by atoms with Crippen LogP contribution in [0.1, 0.15) is 47.2 Å². The van der Waals surface area contributed by atoms with Gasteiger partial charge in [0.05, 0.1) is 5.92 Å². The molecule has 0 fully saturated rings. The highest BCUT2D eigenvalue weighted by atomic mass is 19.4. The van der Waals surface area contributed by atoms with E-state index in [4.69, 9.17) is 0 Å².